The van der Waals surface area contributed by atoms with Crippen LogP contribution in [0.25, 0.3) is 0 Å². The number of amides is 1. The van der Waals surface area contributed by atoms with Crippen molar-refractivity contribution in [2.75, 3.05) is 7.11 Å². The van der Waals surface area contributed by atoms with E-state index in [0.29, 0.717) is 12.2 Å². The molecule has 1 saturated carbocycles. The lowest BCUT2D eigenvalue weighted by molar-refractivity contribution is -0.123. The van der Waals surface area contributed by atoms with Gasteiger partial charge in [-0.05, 0) is 25.3 Å². The maximum absolute atomic E-state index is 11.7. The fourth-order valence-electron chi connectivity index (χ4n) is 1.59. The predicted molar refractivity (Wildman–Crippen MR) is 67.5 cm³/mol. The van der Waals surface area contributed by atoms with Gasteiger partial charge >= 0.3 is 0 Å². The minimum Gasteiger partial charge on any atom is -0.400 e. The van der Waals surface area contributed by atoms with Gasteiger partial charge in [-0.25, -0.2) is 9.97 Å². The van der Waals surface area contributed by atoms with E-state index in [0.717, 1.165) is 20.0 Å². The second kappa shape index (κ2) is 6.42. The molecule has 1 fully saturated rings. The van der Waals surface area contributed by atoms with Crippen LogP contribution in [0.3, 0.4) is 0 Å². The van der Waals surface area contributed by atoms with Crippen LogP contribution in [0.4, 0.5) is 0 Å². The molecule has 0 bridgehead atoms. The molecule has 6 heteroatoms. The van der Waals surface area contributed by atoms with Crippen molar-refractivity contribution in [2.45, 2.75) is 37.8 Å². The lowest BCUT2D eigenvalue weighted by Crippen LogP contribution is -2.45. The zero-order valence-corrected chi connectivity index (χ0v) is 10.8. The summed E-state index contributed by atoms with van der Waals surface area (Å²) in [7, 11) is 1.00. The van der Waals surface area contributed by atoms with Crippen molar-refractivity contribution in [1.29, 1.82) is 0 Å². The van der Waals surface area contributed by atoms with Gasteiger partial charge in [0.15, 0.2) is 5.82 Å². The number of aromatic nitrogens is 2. The molecule has 0 unspecified atom stereocenters. The molecule has 6 nitrogen and oxygen atoms in total. The van der Waals surface area contributed by atoms with Crippen molar-refractivity contribution in [3.05, 3.63) is 24.3 Å². The maximum atomic E-state index is 11.7. The van der Waals surface area contributed by atoms with Gasteiger partial charge in [-0.1, -0.05) is 6.92 Å². The molecule has 1 atom stereocenters. The van der Waals surface area contributed by atoms with E-state index in [1.807, 2.05) is 6.92 Å². The lowest BCUT2D eigenvalue weighted by atomic mass is 10.2. The molecule has 2 rings (SSSR count). The zero-order chi connectivity index (χ0) is 13.6. The number of hydrogen-bond acceptors (Lipinski definition) is 5. The molecule has 18 heavy (non-hydrogen) atoms. The average Bonchev–Trinajstić information content (AvgIpc) is 3.22. The number of nitrogens with one attached hydrogen (secondary N) is 1. The number of aliphatic hydroxyl groups is 1. The molecule has 0 spiro atoms. The van der Waals surface area contributed by atoms with Gasteiger partial charge in [0.1, 0.15) is 0 Å². The number of carbonyl (C=O) groups is 1. The predicted octanol–water partition coefficient (Wildman–Crippen LogP) is -0.0723. The summed E-state index contributed by atoms with van der Waals surface area (Å²) in [6, 6.07) is 1.32. The first-order valence-corrected chi connectivity index (χ1v) is 5.98. The summed E-state index contributed by atoms with van der Waals surface area (Å²) in [5.74, 6) is 0.569. The normalized spacial score (nSPS) is 17.1. The second-order valence-electron chi connectivity index (χ2n) is 4.16. The van der Waals surface area contributed by atoms with Crippen molar-refractivity contribution in [3.8, 4) is 0 Å². The quantitative estimate of drug-likeness (QED) is 0.696. The first-order chi connectivity index (χ1) is 8.68. The van der Waals surface area contributed by atoms with E-state index >= 15 is 0 Å². The lowest BCUT2D eigenvalue weighted by Gasteiger charge is -2.18. The number of nitrogens with zero attached hydrogens (tertiary/aromatic N) is 2. The van der Waals surface area contributed by atoms with Crippen molar-refractivity contribution < 1.29 is 9.90 Å². The molecule has 1 aliphatic carbocycles. The highest BCUT2D eigenvalue weighted by Crippen LogP contribution is 2.43. The van der Waals surface area contributed by atoms with Crippen molar-refractivity contribution in [1.82, 2.24) is 15.3 Å². The van der Waals surface area contributed by atoms with E-state index < -0.39 is 6.04 Å². The first kappa shape index (κ1) is 14.5. The van der Waals surface area contributed by atoms with Gasteiger partial charge in [0.2, 0.25) is 5.91 Å². The maximum Gasteiger partial charge on any atom is 0.237 e. The molecule has 0 saturated heterocycles. The average molecular weight is 252 g/mol. The Bertz CT molecular complexity index is 379. The summed E-state index contributed by atoms with van der Waals surface area (Å²) < 4.78 is 0. The standard InChI is InChI=1S/C11H16N4O.CH4O/c1-2-8(12)9(16)15-11(4-5-11)10-13-6-3-7-14-10;1-2/h3,6-8H,2,4-5,12H2,1H3,(H,15,16);2H,1H3/t8-;/m0./s1. The molecule has 4 N–H and O–H groups in total. The Kier molecular flexibility index (Phi) is 5.18. The van der Waals surface area contributed by atoms with Crippen molar-refractivity contribution in [3.63, 3.8) is 0 Å². The fraction of sp³-hybridized carbons (Fsp3) is 0.583. The third-order valence-electron chi connectivity index (χ3n) is 2.88. The van der Waals surface area contributed by atoms with Crippen LogP contribution in [0.15, 0.2) is 18.5 Å². The van der Waals surface area contributed by atoms with Crippen LogP contribution in [-0.4, -0.2) is 34.1 Å². The van der Waals surface area contributed by atoms with E-state index in [4.69, 9.17) is 10.8 Å². The van der Waals surface area contributed by atoms with Crippen LogP contribution in [0.5, 0.6) is 0 Å². The van der Waals surface area contributed by atoms with Gasteiger partial charge < -0.3 is 16.2 Å². The van der Waals surface area contributed by atoms with Gasteiger partial charge in [-0.15, -0.1) is 0 Å². The summed E-state index contributed by atoms with van der Waals surface area (Å²) >= 11 is 0. The fourth-order valence-corrected chi connectivity index (χ4v) is 1.59. The monoisotopic (exact) mass is 252 g/mol. The molecule has 100 valence electrons. The molecule has 1 aromatic heterocycles. The molecule has 1 amide bonds. The van der Waals surface area contributed by atoms with Gasteiger partial charge in [0.25, 0.3) is 0 Å². The van der Waals surface area contributed by atoms with Gasteiger partial charge in [-0.2, -0.15) is 0 Å². The minimum absolute atomic E-state index is 0.118. The summed E-state index contributed by atoms with van der Waals surface area (Å²) in [6.07, 6.45) is 5.79. The highest BCUT2D eigenvalue weighted by molar-refractivity contribution is 5.82. The Hall–Kier alpha value is -1.53. The van der Waals surface area contributed by atoms with Crippen LogP contribution < -0.4 is 11.1 Å². The summed E-state index contributed by atoms with van der Waals surface area (Å²) in [5, 5.41) is 9.95. The third kappa shape index (κ3) is 3.24. The molecular formula is C12H20N4O2. The van der Waals surface area contributed by atoms with E-state index in [1.54, 1.807) is 18.5 Å². The Morgan fingerprint density at radius 2 is 2.06 bits per heavy atom. The Balaban J connectivity index is 0.000000771. The summed E-state index contributed by atoms with van der Waals surface area (Å²) in [6.45, 7) is 1.89. The molecule has 0 aromatic carbocycles. The largest absolute Gasteiger partial charge is 0.400 e. The van der Waals surface area contributed by atoms with Crippen molar-refractivity contribution >= 4 is 5.91 Å². The van der Waals surface area contributed by atoms with Gasteiger partial charge in [-0.3, -0.25) is 4.79 Å². The van der Waals surface area contributed by atoms with Crippen LogP contribution >= 0.6 is 0 Å². The number of rotatable bonds is 4. The van der Waals surface area contributed by atoms with Crippen LogP contribution in [0.2, 0.25) is 0 Å². The summed E-state index contributed by atoms with van der Waals surface area (Å²) in [4.78, 5) is 20.1. The molecule has 1 aromatic rings. The molecular weight excluding hydrogens is 232 g/mol. The van der Waals surface area contributed by atoms with Crippen LogP contribution in [0, 0.1) is 0 Å². The molecule has 0 aliphatic heterocycles. The molecule has 1 aliphatic rings. The van der Waals surface area contributed by atoms with Crippen LogP contribution in [0.1, 0.15) is 32.0 Å². The minimum atomic E-state index is -0.443. The topological polar surface area (TPSA) is 101 Å². The van der Waals surface area contributed by atoms with E-state index in [1.165, 1.54) is 0 Å². The summed E-state index contributed by atoms with van der Waals surface area (Å²) in [5.41, 5.74) is 5.32. The first-order valence-electron chi connectivity index (χ1n) is 5.98. The molecule has 1 heterocycles. The number of nitrogens with two attached hydrogens (primary N) is 1. The van der Waals surface area contributed by atoms with Crippen LogP contribution in [-0.2, 0) is 10.3 Å². The second-order valence-corrected chi connectivity index (χ2v) is 4.16. The third-order valence-corrected chi connectivity index (χ3v) is 2.88. The van der Waals surface area contributed by atoms with E-state index in [9.17, 15) is 4.79 Å². The smallest absolute Gasteiger partial charge is 0.237 e. The molecule has 0 radical (unpaired) electrons. The highest BCUT2D eigenvalue weighted by atomic mass is 16.2. The SMILES string of the molecule is CC[C@H](N)C(=O)NC1(c2ncccn2)CC1.CO. The Morgan fingerprint density at radius 3 is 2.50 bits per heavy atom. The van der Waals surface area contributed by atoms with E-state index in [2.05, 4.69) is 15.3 Å². The highest BCUT2D eigenvalue weighted by Gasteiger charge is 2.48. The van der Waals surface area contributed by atoms with Gasteiger partial charge in [0, 0.05) is 19.5 Å². The Labute approximate surface area is 107 Å². The van der Waals surface area contributed by atoms with Gasteiger partial charge in [0.05, 0.1) is 11.6 Å². The number of hydrogen-bond donors (Lipinski definition) is 3. The number of aliphatic hydroxyl groups excluding tert-OH is 1. The zero-order valence-electron chi connectivity index (χ0n) is 10.8. The van der Waals surface area contributed by atoms with E-state index in [-0.39, 0.29) is 11.4 Å². The van der Waals surface area contributed by atoms with Crippen molar-refractivity contribution in [2.24, 2.45) is 5.73 Å². The Morgan fingerprint density at radius 1 is 1.50 bits per heavy atom. The number of carbonyl (C=O) groups excluding carboxylic acids is 1.